The molecule has 5 rings (SSSR count). The van der Waals surface area contributed by atoms with Gasteiger partial charge in [0.25, 0.3) is 0 Å². The summed E-state index contributed by atoms with van der Waals surface area (Å²) in [4.78, 5) is 6.26. The van der Waals surface area contributed by atoms with Crippen LogP contribution in [0.1, 0.15) is 108 Å². The van der Waals surface area contributed by atoms with Crippen molar-refractivity contribution >= 4 is 86.6 Å². The van der Waals surface area contributed by atoms with Gasteiger partial charge in [-0.1, -0.05) is 95.0 Å². The van der Waals surface area contributed by atoms with Crippen molar-refractivity contribution in [3.63, 3.8) is 0 Å². The van der Waals surface area contributed by atoms with E-state index in [9.17, 15) is 10.2 Å². The van der Waals surface area contributed by atoms with Crippen LogP contribution in [-0.4, -0.2) is 10.2 Å². The number of aliphatic hydroxyl groups excluding tert-OH is 2. The summed E-state index contributed by atoms with van der Waals surface area (Å²) in [7, 11) is 0. The highest BCUT2D eigenvalue weighted by Gasteiger charge is 2.24. The minimum atomic E-state index is -0.681. The van der Waals surface area contributed by atoms with E-state index >= 15 is 0 Å². The lowest BCUT2D eigenvalue weighted by Crippen LogP contribution is -1.95. The normalized spacial score (nSPS) is 13.3. The standard InChI is InChI=1S/C34H38Br2O2S4/c1-2-3-4-5-6-7-8-9-10-14-17-23-18-24(35)33(39-23)31(37)29-20-27-28(40-29)21-30(41-27)32(38)34-25(36)19-26(42-34)22-15-12-11-13-16-22/h11-13,15-16,18-21,31-32,37-38H,2-10,14,17H2,1H3. The number of fused-ring (bicyclic) bond motifs is 1. The molecular weight excluding hydrogens is 728 g/mol. The van der Waals surface area contributed by atoms with Gasteiger partial charge in [-0.3, -0.25) is 0 Å². The molecular formula is C34H38Br2O2S4. The monoisotopic (exact) mass is 764 g/mol. The van der Waals surface area contributed by atoms with Crippen LogP contribution in [0.5, 0.6) is 0 Å². The number of halogens is 2. The van der Waals surface area contributed by atoms with Gasteiger partial charge < -0.3 is 10.2 Å². The summed E-state index contributed by atoms with van der Waals surface area (Å²) in [6.45, 7) is 2.27. The Morgan fingerprint density at radius 3 is 1.74 bits per heavy atom. The van der Waals surface area contributed by atoms with Crippen LogP contribution in [0.3, 0.4) is 0 Å². The number of benzene rings is 1. The Bertz CT molecular complexity index is 1520. The van der Waals surface area contributed by atoms with Gasteiger partial charge in [0.15, 0.2) is 0 Å². The van der Waals surface area contributed by atoms with Crippen molar-refractivity contribution in [1.29, 1.82) is 0 Å². The zero-order valence-corrected chi connectivity index (χ0v) is 30.4. The minimum Gasteiger partial charge on any atom is -0.382 e. The Morgan fingerprint density at radius 2 is 1.14 bits per heavy atom. The second-order valence-corrected chi connectivity index (χ2v) is 17.1. The maximum atomic E-state index is 11.3. The van der Waals surface area contributed by atoms with Crippen molar-refractivity contribution in [3.05, 3.63) is 87.9 Å². The van der Waals surface area contributed by atoms with E-state index in [2.05, 4.69) is 75.2 Å². The third-order valence-electron chi connectivity index (χ3n) is 7.59. The first-order chi connectivity index (χ1) is 20.4. The molecule has 0 aliphatic heterocycles. The summed E-state index contributed by atoms with van der Waals surface area (Å²) in [5.41, 5.74) is 1.15. The molecule has 0 aliphatic rings. The number of aliphatic hydroxyl groups is 2. The van der Waals surface area contributed by atoms with Crippen LogP contribution in [-0.2, 0) is 6.42 Å². The molecule has 42 heavy (non-hydrogen) atoms. The molecule has 2 N–H and O–H groups in total. The smallest absolute Gasteiger partial charge is 0.124 e. The molecule has 0 fully saturated rings. The number of aryl methyl sites for hydroxylation is 1. The first kappa shape index (κ1) is 32.6. The fourth-order valence-corrected chi connectivity index (χ4v) is 11.7. The topological polar surface area (TPSA) is 40.5 Å². The van der Waals surface area contributed by atoms with Crippen molar-refractivity contribution < 1.29 is 10.2 Å². The molecule has 2 unspecified atom stereocenters. The fraction of sp³-hybridized carbons (Fsp3) is 0.412. The summed E-state index contributed by atoms with van der Waals surface area (Å²) >= 11 is 14.0. The molecule has 0 amide bonds. The van der Waals surface area contributed by atoms with Gasteiger partial charge >= 0.3 is 0 Å². The van der Waals surface area contributed by atoms with Crippen molar-refractivity contribution in [2.75, 3.05) is 0 Å². The molecule has 0 aliphatic carbocycles. The van der Waals surface area contributed by atoms with E-state index in [4.69, 9.17) is 0 Å². The zero-order valence-electron chi connectivity index (χ0n) is 23.9. The van der Waals surface area contributed by atoms with Crippen molar-refractivity contribution in [1.82, 2.24) is 0 Å². The lowest BCUT2D eigenvalue weighted by atomic mass is 10.1. The first-order valence-electron chi connectivity index (χ1n) is 15.0. The van der Waals surface area contributed by atoms with Crippen LogP contribution in [0.25, 0.3) is 19.8 Å². The van der Waals surface area contributed by atoms with Crippen LogP contribution in [0, 0.1) is 0 Å². The van der Waals surface area contributed by atoms with Gasteiger partial charge in [-0.2, -0.15) is 0 Å². The summed E-state index contributed by atoms with van der Waals surface area (Å²) in [6.07, 6.45) is 13.2. The molecule has 224 valence electrons. The predicted molar refractivity (Wildman–Crippen MR) is 193 cm³/mol. The van der Waals surface area contributed by atoms with Crippen LogP contribution in [0.15, 0.2) is 63.5 Å². The maximum Gasteiger partial charge on any atom is 0.124 e. The Kier molecular flexibility index (Phi) is 12.4. The average molecular weight is 767 g/mol. The second-order valence-electron chi connectivity index (χ2n) is 10.9. The zero-order chi connectivity index (χ0) is 29.5. The van der Waals surface area contributed by atoms with Crippen LogP contribution in [0.2, 0.25) is 0 Å². The number of unbranched alkanes of at least 4 members (excludes halogenated alkanes) is 9. The quantitative estimate of drug-likeness (QED) is 0.0982. The Labute approximate surface area is 282 Å². The van der Waals surface area contributed by atoms with E-state index in [0.29, 0.717) is 0 Å². The van der Waals surface area contributed by atoms with Gasteiger partial charge in [-0.25, -0.2) is 0 Å². The third kappa shape index (κ3) is 8.25. The molecule has 2 nitrogen and oxygen atoms in total. The lowest BCUT2D eigenvalue weighted by Gasteiger charge is -2.08. The molecule has 0 spiro atoms. The number of rotatable bonds is 16. The van der Waals surface area contributed by atoms with Crippen molar-refractivity contribution in [2.45, 2.75) is 89.8 Å². The summed E-state index contributed by atoms with van der Waals surface area (Å²) < 4.78 is 4.16. The first-order valence-corrected chi connectivity index (χ1v) is 19.8. The lowest BCUT2D eigenvalue weighted by molar-refractivity contribution is 0.227. The van der Waals surface area contributed by atoms with E-state index in [1.807, 2.05) is 18.2 Å². The molecule has 4 heterocycles. The average Bonchev–Trinajstić information content (AvgIpc) is 3.76. The maximum absolute atomic E-state index is 11.3. The molecule has 4 aromatic heterocycles. The number of thiophene rings is 4. The Balaban J connectivity index is 1.16. The Hall–Kier alpha value is -0.840. The molecule has 0 saturated heterocycles. The van der Waals surface area contributed by atoms with Gasteiger partial charge in [-0.05, 0) is 74.5 Å². The highest BCUT2D eigenvalue weighted by Crippen LogP contribution is 2.46. The van der Waals surface area contributed by atoms with E-state index < -0.39 is 12.2 Å². The summed E-state index contributed by atoms with van der Waals surface area (Å²) in [5, 5.41) is 22.6. The van der Waals surface area contributed by atoms with Gasteiger partial charge in [-0.15, -0.1) is 45.3 Å². The van der Waals surface area contributed by atoms with E-state index in [-0.39, 0.29) is 0 Å². The second kappa shape index (κ2) is 15.9. The van der Waals surface area contributed by atoms with Gasteiger partial charge in [0.1, 0.15) is 12.2 Å². The van der Waals surface area contributed by atoms with E-state index in [1.54, 1.807) is 45.3 Å². The highest BCUT2D eigenvalue weighted by molar-refractivity contribution is 9.11. The van der Waals surface area contributed by atoms with Gasteiger partial charge in [0.05, 0.1) is 9.75 Å². The van der Waals surface area contributed by atoms with Crippen molar-refractivity contribution in [2.24, 2.45) is 0 Å². The number of hydrogen-bond acceptors (Lipinski definition) is 6. The molecule has 2 atom stereocenters. The largest absolute Gasteiger partial charge is 0.382 e. The molecule has 0 bridgehead atoms. The van der Waals surface area contributed by atoms with E-state index in [1.165, 1.54) is 69.1 Å². The van der Waals surface area contributed by atoms with Crippen LogP contribution in [0.4, 0.5) is 0 Å². The van der Waals surface area contributed by atoms with E-state index in [0.717, 1.165) is 54.7 Å². The molecule has 0 radical (unpaired) electrons. The summed E-state index contributed by atoms with van der Waals surface area (Å²) in [5.74, 6) is 0. The van der Waals surface area contributed by atoms with Crippen LogP contribution < -0.4 is 0 Å². The Morgan fingerprint density at radius 1 is 0.619 bits per heavy atom. The predicted octanol–water partition coefficient (Wildman–Crippen LogP) is 12.9. The minimum absolute atomic E-state index is 0.635. The molecule has 0 saturated carbocycles. The molecule has 8 heteroatoms. The van der Waals surface area contributed by atoms with Gasteiger partial charge in [0.2, 0.25) is 0 Å². The highest BCUT2D eigenvalue weighted by atomic mass is 79.9. The number of hydrogen-bond donors (Lipinski definition) is 2. The van der Waals surface area contributed by atoms with Crippen LogP contribution >= 0.6 is 77.2 Å². The fourth-order valence-electron chi connectivity index (χ4n) is 5.24. The molecule has 5 aromatic rings. The van der Waals surface area contributed by atoms with Crippen molar-refractivity contribution in [3.8, 4) is 10.4 Å². The summed E-state index contributed by atoms with van der Waals surface area (Å²) in [6, 6.07) is 18.7. The third-order valence-corrected chi connectivity index (χ3v) is 14.3. The SMILES string of the molecule is CCCCCCCCCCCCc1cc(Br)c(C(O)c2cc3sc(C(O)c4sc(-c5ccccc5)cc4Br)cc3s2)s1. The molecule has 1 aromatic carbocycles. The van der Waals surface area contributed by atoms with Gasteiger partial charge in [0, 0.05) is 37.9 Å².